The van der Waals surface area contributed by atoms with Gasteiger partial charge in [0.2, 0.25) is 0 Å². The monoisotopic (exact) mass is 433 g/mol. The number of carbonyl (C=O) groups excluding carboxylic acids is 3. The number of amides is 1. The van der Waals surface area contributed by atoms with Crippen molar-refractivity contribution in [3.05, 3.63) is 60.7 Å². The molecule has 1 aliphatic rings. The van der Waals surface area contributed by atoms with Gasteiger partial charge < -0.3 is 14.0 Å². The summed E-state index contributed by atoms with van der Waals surface area (Å²) in [6.07, 6.45) is -3.75. The van der Waals surface area contributed by atoms with Crippen molar-refractivity contribution in [2.75, 3.05) is 14.2 Å². The van der Waals surface area contributed by atoms with Crippen LogP contribution < -0.4 is 10.6 Å². The molecule has 0 aliphatic carbocycles. The zero-order chi connectivity index (χ0) is 21.0. The van der Waals surface area contributed by atoms with Gasteiger partial charge >= 0.3 is 18.0 Å². The summed E-state index contributed by atoms with van der Waals surface area (Å²) in [5, 5.41) is 1.36. The third kappa shape index (κ3) is 4.04. The van der Waals surface area contributed by atoms with Crippen LogP contribution in [0.1, 0.15) is 6.42 Å². The Kier molecular flexibility index (Phi) is 6.35. The zero-order valence-corrected chi connectivity index (χ0v) is 17.6. The molecule has 9 heteroatoms. The lowest BCUT2D eigenvalue weighted by atomic mass is 9.93. The van der Waals surface area contributed by atoms with Crippen LogP contribution in [0.3, 0.4) is 0 Å². The standard InChI is InChI=1S/C20H20NO6PS/c1-25-18(22)16-13-17(19(23)26-2)21(16)20(24)27-28(29,14-9-5-3-6-10-14)15-11-7-4-8-12-15/h3-12,16-17H,13H2,1-2H3/t16-,17-/m1/s1. The largest absolute Gasteiger partial charge is 0.467 e. The number of ether oxygens (including phenoxy) is 2. The lowest BCUT2D eigenvalue weighted by Gasteiger charge is -2.44. The average molecular weight is 433 g/mol. The first-order valence-corrected chi connectivity index (χ1v) is 11.5. The van der Waals surface area contributed by atoms with Crippen LogP contribution in [-0.4, -0.2) is 49.2 Å². The van der Waals surface area contributed by atoms with E-state index in [1.807, 2.05) is 36.4 Å². The van der Waals surface area contributed by atoms with Crippen molar-refractivity contribution in [2.24, 2.45) is 0 Å². The number of nitrogens with zero attached hydrogens (tertiary/aromatic N) is 1. The van der Waals surface area contributed by atoms with Crippen LogP contribution in [-0.2, 0) is 35.4 Å². The molecule has 152 valence electrons. The van der Waals surface area contributed by atoms with Gasteiger partial charge in [0.1, 0.15) is 12.1 Å². The van der Waals surface area contributed by atoms with E-state index < -0.39 is 36.4 Å². The molecule has 1 heterocycles. The van der Waals surface area contributed by atoms with Gasteiger partial charge in [-0.2, -0.15) is 0 Å². The molecule has 29 heavy (non-hydrogen) atoms. The summed E-state index contributed by atoms with van der Waals surface area (Å²) in [7, 11) is 2.44. The van der Waals surface area contributed by atoms with Gasteiger partial charge in [-0.25, -0.2) is 14.4 Å². The summed E-state index contributed by atoms with van der Waals surface area (Å²) in [6.45, 7) is 0. The molecule has 2 aromatic carbocycles. The first-order valence-electron chi connectivity index (χ1n) is 8.81. The zero-order valence-electron chi connectivity index (χ0n) is 15.9. The third-order valence-corrected chi connectivity index (χ3v) is 8.53. The fraction of sp³-hybridized carbons (Fsp3) is 0.250. The van der Waals surface area contributed by atoms with E-state index in [2.05, 4.69) is 0 Å². The van der Waals surface area contributed by atoms with Gasteiger partial charge in [0.05, 0.1) is 14.2 Å². The summed E-state index contributed by atoms with van der Waals surface area (Å²) in [5.74, 6) is -1.26. The van der Waals surface area contributed by atoms with Crippen LogP contribution in [0.15, 0.2) is 60.7 Å². The molecule has 0 bridgehead atoms. The molecule has 0 aromatic heterocycles. The molecule has 0 saturated carbocycles. The number of benzene rings is 2. The maximum atomic E-state index is 13.1. The minimum Gasteiger partial charge on any atom is -0.467 e. The highest BCUT2D eigenvalue weighted by Crippen LogP contribution is 2.46. The minimum atomic E-state index is -3.01. The highest BCUT2D eigenvalue weighted by atomic mass is 32.4. The van der Waals surface area contributed by atoms with Gasteiger partial charge in [-0.15, -0.1) is 0 Å². The summed E-state index contributed by atoms with van der Waals surface area (Å²) in [5.41, 5.74) is 0. The van der Waals surface area contributed by atoms with Gasteiger partial charge in [-0.3, -0.25) is 4.90 Å². The smallest absolute Gasteiger partial charge is 0.415 e. The van der Waals surface area contributed by atoms with Crippen LogP contribution in [0.2, 0.25) is 0 Å². The molecular weight excluding hydrogens is 413 g/mol. The van der Waals surface area contributed by atoms with Crippen molar-refractivity contribution >= 4 is 46.7 Å². The van der Waals surface area contributed by atoms with E-state index in [0.717, 1.165) is 4.90 Å². The molecule has 1 fully saturated rings. The highest BCUT2D eigenvalue weighted by molar-refractivity contribution is 8.19. The number of carbonyl (C=O) groups is 3. The molecule has 1 saturated heterocycles. The van der Waals surface area contributed by atoms with E-state index in [4.69, 9.17) is 25.8 Å². The fourth-order valence-corrected chi connectivity index (χ4v) is 6.00. The second-order valence-corrected chi connectivity index (χ2v) is 10.2. The molecule has 3 rings (SSSR count). The summed E-state index contributed by atoms with van der Waals surface area (Å²) < 4.78 is 15.3. The third-order valence-electron chi connectivity index (χ3n) is 4.67. The second-order valence-electron chi connectivity index (χ2n) is 6.30. The molecule has 2 atom stereocenters. The fourth-order valence-electron chi connectivity index (χ4n) is 3.12. The molecular formula is C20H20NO6PS. The number of likely N-dealkylation sites (tertiary alicyclic amines) is 1. The minimum absolute atomic E-state index is 0.105. The van der Waals surface area contributed by atoms with Gasteiger partial charge in [0.15, 0.2) is 6.26 Å². The first-order chi connectivity index (χ1) is 13.9. The Balaban J connectivity index is 1.96. The Bertz CT molecular complexity index is 886. The van der Waals surface area contributed by atoms with E-state index in [1.54, 1.807) is 24.3 Å². The lowest BCUT2D eigenvalue weighted by molar-refractivity contribution is -0.163. The Morgan fingerprint density at radius 3 is 1.66 bits per heavy atom. The Hall–Kier alpha value is -2.70. The topological polar surface area (TPSA) is 82.1 Å². The molecule has 0 N–H and O–H groups in total. The molecule has 7 nitrogen and oxygen atoms in total. The maximum absolute atomic E-state index is 13.1. The summed E-state index contributed by atoms with van der Waals surface area (Å²) in [6, 6.07) is 16.3. The first kappa shape index (κ1) is 21.0. The van der Waals surface area contributed by atoms with Crippen molar-refractivity contribution in [1.29, 1.82) is 0 Å². The quantitative estimate of drug-likeness (QED) is 0.527. The number of hydrogen-bond donors (Lipinski definition) is 0. The number of methoxy groups -OCH3 is 2. The Morgan fingerprint density at radius 2 is 1.28 bits per heavy atom. The molecule has 2 aromatic rings. The SMILES string of the molecule is COC(=O)[C@H]1C[C@H](C(=O)OC)N1C(=O)OP(=S)(c1ccccc1)c1ccccc1. The van der Waals surface area contributed by atoms with Gasteiger partial charge in [-0.1, -0.05) is 60.7 Å². The van der Waals surface area contributed by atoms with Crippen molar-refractivity contribution in [3.63, 3.8) is 0 Å². The van der Waals surface area contributed by atoms with Crippen molar-refractivity contribution in [1.82, 2.24) is 4.90 Å². The van der Waals surface area contributed by atoms with Crippen LogP contribution in [0, 0.1) is 0 Å². The Labute approximate surface area is 173 Å². The predicted molar refractivity (Wildman–Crippen MR) is 111 cm³/mol. The molecule has 1 amide bonds. The lowest BCUT2D eigenvalue weighted by Crippen LogP contribution is -2.65. The van der Waals surface area contributed by atoms with E-state index in [9.17, 15) is 14.4 Å². The second kappa shape index (κ2) is 8.76. The highest BCUT2D eigenvalue weighted by Gasteiger charge is 2.52. The normalized spacial score (nSPS) is 18.3. The van der Waals surface area contributed by atoms with Gasteiger partial charge in [0, 0.05) is 17.0 Å². The average Bonchev–Trinajstić information content (AvgIpc) is 2.73. The van der Waals surface area contributed by atoms with Gasteiger partial charge in [-0.05, 0) is 11.8 Å². The predicted octanol–water partition coefficient (Wildman–Crippen LogP) is 1.96. The maximum Gasteiger partial charge on any atom is 0.415 e. The number of esters is 2. The van der Waals surface area contributed by atoms with Crippen LogP contribution in [0.4, 0.5) is 4.79 Å². The molecule has 0 spiro atoms. The van der Waals surface area contributed by atoms with Gasteiger partial charge in [0.25, 0.3) is 0 Å². The van der Waals surface area contributed by atoms with Crippen LogP contribution in [0.25, 0.3) is 0 Å². The summed E-state index contributed by atoms with van der Waals surface area (Å²) in [4.78, 5) is 38.2. The van der Waals surface area contributed by atoms with E-state index in [0.29, 0.717) is 10.6 Å². The number of rotatable bonds is 5. The summed E-state index contributed by atoms with van der Waals surface area (Å²) >= 11 is 5.88. The molecule has 0 radical (unpaired) electrons. The van der Waals surface area contributed by atoms with E-state index in [1.165, 1.54) is 14.2 Å². The molecule has 1 aliphatic heterocycles. The number of hydrogen-bond acceptors (Lipinski definition) is 7. The van der Waals surface area contributed by atoms with Crippen LogP contribution in [0.5, 0.6) is 0 Å². The van der Waals surface area contributed by atoms with E-state index >= 15 is 0 Å². The van der Waals surface area contributed by atoms with Crippen molar-refractivity contribution < 1.29 is 28.4 Å². The van der Waals surface area contributed by atoms with Crippen LogP contribution >= 0.6 is 6.26 Å². The van der Waals surface area contributed by atoms with E-state index in [-0.39, 0.29) is 6.42 Å². The Morgan fingerprint density at radius 1 is 0.862 bits per heavy atom. The molecule has 0 unspecified atom stereocenters. The van der Waals surface area contributed by atoms with Crippen molar-refractivity contribution in [2.45, 2.75) is 18.5 Å². The van der Waals surface area contributed by atoms with Crippen molar-refractivity contribution in [3.8, 4) is 0 Å².